The Hall–Kier alpha value is -2.57. The normalized spacial score (nSPS) is 9.50. The van der Waals surface area contributed by atoms with Gasteiger partial charge < -0.3 is 20.1 Å². The minimum atomic E-state index is -0.487. The smallest absolute Gasteiger partial charge is 0.337 e. The van der Waals surface area contributed by atoms with Gasteiger partial charge in [0.1, 0.15) is 5.75 Å². The van der Waals surface area contributed by atoms with E-state index in [1.54, 1.807) is 18.2 Å². The minimum absolute atomic E-state index is 0.110. The minimum Gasteiger partial charge on any atom is -0.484 e. The molecule has 0 aliphatic rings. The predicted octanol–water partition coefficient (Wildman–Crippen LogP) is -0.286. The highest BCUT2D eigenvalue weighted by Crippen LogP contribution is 2.13. The van der Waals surface area contributed by atoms with Crippen molar-refractivity contribution < 1.29 is 23.9 Å². The molecule has 1 rings (SSSR count). The maximum Gasteiger partial charge on any atom is 0.337 e. The Balaban J connectivity index is 2.47. The zero-order valence-corrected chi connectivity index (χ0v) is 11.3. The highest BCUT2D eigenvalue weighted by atomic mass is 16.5. The molecular weight excluding hydrogens is 264 g/mol. The molecule has 0 radical (unpaired) electrons. The summed E-state index contributed by atoms with van der Waals surface area (Å²) in [6.45, 7) is -0.359. The number of ether oxygens (including phenoxy) is 2. The number of likely N-dealkylation sites (N-methyl/N-ethyl adjacent to an activating group) is 1. The number of hydrogen-bond donors (Lipinski definition) is 2. The van der Waals surface area contributed by atoms with Gasteiger partial charge in [-0.2, -0.15) is 0 Å². The van der Waals surface area contributed by atoms with E-state index in [9.17, 15) is 14.4 Å². The van der Waals surface area contributed by atoms with Gasteiger partial charge in [0.25, 0.3) is 5.91 Å². The molecule has 108 valence electrons. The van der Waals surface area contributed by atoms with E-state index in [0.29, 0.717) is 11.3 Å². The van der Waals surface area contributed by atoms with Crippen LogP contribution in [-0.4, -0.2) is 45.1 Å². The third-order valence-electron chi connectivity index (χ3n) is 2.35. The molecule has 20 heavy (non-hydrogen) atoms. The first-order valence-corrected chi connectivity index (χ1v) is 5.85. The summed E-state index contributed by atoms with van der Waals surface area (Å²) in [7, 11) is 2.76. The molecule has 7 heteroatoms. The van der Waals surface area contributed by atoms with Crippen LogP contribution in [-0.2, 0) is 14.3 Å². The van der Waals surface area contributed by atoms with Gasteiger partial charge in [0.05, 0.1) is 19.2 Å². The highest BCUT2D eigenvalue weighted by Gasteiger charge is 2.08. The Morgan fingerprint density at radius 3 is 2.60 bits per heavy atom. The fourth-order valence-electron chi connectivity index (χ4n) is 1.30. The van der Waals surface area contributed by atoms with Crippen LogP contribution in [0.2, 0.25) is 0 Å². The van der Waals surface area contributed by atoms with Gasteiger partial charge in [-0.1, -0.05) is 6.07 Å². The number of benzene rings is 1. The van der Waals surface area contributed by atoms with E-state index >= 15 is 0 Å². The number of amides is 2. The van der Waals surface area contributed by atoms with Crippen LogP contribution in [0.3, 0.4) is 0 Å². The standard InChI is InChI=1S/C13H16N2O5/c1-14-11(16)7-15-12(17)8-20-10-5-3-4-9(6-10)13(18)19-2/h3-6H,7-8H2,1-2H3,(H,14,16)(H,15,17). The van der Waals surface area contributed by atoms with Gasteiger partial charge in [-0.15, -0.1) is 0 Å². The molecule has 1 aromatic carbocycles. The van der Waals surface area contributed by atoms with Gasteiger partial charge in [0.2, 0.25) is 5.91 Å². The van der Waals surface area contributed by atoms with Crippen molar-refractivity contribution >= 4 is 17.8 Å². The molecule has 0 fully saturated rings. The van der Waals surface area contributed by atoms with Crippen LogP contribution >= 0.6 is 0 Å². The van der Waals surface area contributed by atoms with Crippen LogP contribution in [0, 0.1) is 0 Å². The predicted molar refractivity (Wildman–Crippen MR) is 70.4 cm³/mol. The van der Waals surface area contributed by atoms with Crippen LogP contribution in [0.15, 0.2) is 24.3 Å². The average Bonchev–Trinajstić information content (AvgIpc) is 2.49. The first-order chi connectivity index (χ1) is 9.56. The Morgan fingerprint density at radius 2 is 1.95 bits per heavy atom. The summed E-state index contributed by atoms with van der Waals surface area (Å²) < 4.78 is 9.79. The van der Waals surface area contributed by atoms with E-state index in [0.717, 1.165) is 0 Å². The summed E-state index contributed by atoms with van der Waals surface area (Å²) in [5.41, 5.74) is 0.329. The molecule has 0 aliphatic carbocycles. The zero-order chi connectivity index (χ0) is 15.0. The number of hydrogen-bond acceptors (Lipinski definition) is 5. The van der Waals surface area contributed by atoms with E-state index in [4.69, 9.17) is 4.74 Å². The van der Waals surface area contributed by atoms with Gasteiger partial charge in [-0.3, -0.25) is 9.59 Å². The fourth-order valence-corrected chi connectivity index (χ4v) is 1.30. The molecule has 2 amide bonds. The number of nitrogens with one attached hydrogen (secondary N) is 2. The van der Waals surface area contributed by atoms with Crippen molar-refractivity contribution in [2.45, 2.75) is 0 Å². The number of methoxy groups -OCH3 is 1. The van der Waals surface area contributed by atoms with Crippen LogP contribution in [0.1, 0.15) is 10.4 Å². The van der Waals surface area contributed by atoms with Crippen molar-refractivity contribution in [3.63, 3.8) is 0 Å². The second-order valence-corrected chi connectivity index (χ2v) is 3.76. The molecule has 7 nitrogen and oxygen atoms in total. The van der Waals surface area contributed by atoms with E-state index < -0.39 is 11.9 Å². The van der Waals surface area contributed by atoms with E-state index in [1.807, 2.05) is 0 Å². The maximum atomic E-state index is 11.4. The van der Waals surface area contributed by atoms with Crippen LogP contribution in [0.4, 0.5) is 0 Å². The van der Waals surface area contributed by atoms with Crippen molar-refractivity contribution in [1.82, 2.24) is 10.6 Å². The van der Waals surface area contributed by atoms with Gasteiger partial charge in [-0.25, -0.2) is 4.79 Å². The molecular formula is C13H16N2O5. The topological polar surface area (TPSA) is 93.7 Å². The van der Waals surface area contributed by atoms with Crippen LogP contribution in [0.5, 0.6) is 5.75 Å². The lowest BCUT2D eigenvalue weighted by Crippen LogP contribution is -2.37. The van der Waals surface area contributed by atoms with Gasteiger partial charge in [0.15, 0.2) is 6.61 Å². The first-order valence-electron chi connectivity index (χ1n) is 5.85. The van der Waals surface area contributed by atoms with E-state index in [1.165, 1.54) is 20.2 Å². The second kappa shape index (κ2) is 7.78. The number of carbonyl (C=O) groups excluding carboxylic acids is 3. The quantitative estimate of drug-likeness (QED) is 0.699. The molecule has 0 atom stereocenters. The molecule has 0 heterocycles. The summed E-state index contributed by atoms with van der Waals surface area (Å²) in [4.78, 5) is 33.6. The number of carbonyl (C=O) groups is 3. The largest absolute Gasteiger partial charge is 0.484 e. The van der Waals surface area contributed by atoms with Gasteiger partial charge in [-0.05, 0) is 18.2 Å². The molecule has 0 saturated heterocycles. The maximum absolute atomic E-state index is 11.4. The Bertz CT molecular complexity index is 501. The molecule has 0 aliphatic heterocycles. The fraction of sp³-hybridized carbons (Fsp3) is 0.308. The second-order valence-electron chi connectivity index (χ2n) is 3.76. The van der Waals surface area contributed by atoms with Crippen molar-refractivity contribution in [2.75, 3.05) is 27.3 Å². The van der Waals surface area contributed by atoms with Crippen molar-refractivity contribution in [3.05, 3.63) is 29.8 Å². The number of esters is 1. The molecule has 1 aromatic rings. The van der Waals surface area contributed by atoms with E-state index in [2.05, 4.69) is 15.4 Å². The van der Waals surface area contributed by atoms with Gasteiger partial charge >= 0.3 is 5.97 Å². The molecule has 0 spiro atoms. The Morgan fingerprint density at radius 1 is 1.20 bits per heavy atom. The average molecular weight is 280 g/mol. The van der Waals surface area contributed by atoms with Crippen molar-refractivity contribution in [3.8, 4) is 5.75 Å². The Labute approximate surface area is 116 Å². The zero-order valence-electron chi connectivity index (χ0n) is 11.3. The molecule has 0 unspecified atom stereocenters. The van der Waals surface area contributed by atoms with Crippen LogP contribution in [0.25, 0.3) is 0 Å². The first kappa shape index (κ1) is 15.5. The molecule has 0 bridgehead atoms. The lowest BCUT2D eigenvalue weighted by molar-refractivity contribution is -0.127. The van der Waals surface area contributed by atoms with Gasteiger partial charge in [0, 0.05) is 7.05 Å². The van der Waals surface area contributed by atoms with Crippen molar-refractivity contribution in [1.29, 1.82) is 0 Å². The lowest BCUT2D eigenvalue weighted by atomic mass is 10.2. The lowest BCUT2D eigenvalue weighted by Gasteiger charge is -2.08. The summed E-state index contributed by atoms with van der Waals surface area (Å²) in [6.07, 6.45) is 0. The third kappa shape index (κ3) is 4.97. The SMILES string of the molecule is CNC(=O)CNC(=O)COc1cccc(C(=O)OC)c1. The summed E-state index contributed by atoms with van der Waals surface area (Å²) in [5.74, 6) is -0.856. The summed E-state index contributed by atoms with van der Waals surface area (Å²) in [6, 6.07) is 6.27. The third-order valence-corrected chi connectivity index (χ3v) is 2.35. The summed E-state index contributed by atoms with van der Waals surface area (Å²) >= 11 is 0. The molecule has 0 saturated carbocycles. The molecule has 0 aromatic heterocycles. The molecule has 2 N–H and O–H groups in total. The summed E-state index contributed by atoms with van der Waals surface area (Å²) in [5, 5.41) is 4.76. The Kier molecular flexibility index (Phi) is 6.02. The van der Waals surface area contributed by atoms with E-state index in [-0.39, 0.29) is 19.1 Å². The number of rotatable bonds is 6. The monoisotopic (exact) mass is 280 g/mol. The highest BCUT2D eigenvalue weighted by molar-refractivity contribution is 5.89. The van der Waals surface area contributed by atoms with Crippen LogP contribution < -0.4 is 15.4 Å². The van der Waals surface area contributed by atoms with Crippen molar-refractivity contribution in [2.24, 2.45) is 0 Å².